The first-order valence-corrected chi connectivity index (χ1v) is 7.35. The van der Waals surface area contributed by atoms with Crippen molar-refractivity contribution in [2.75, 3.05) is 18.4 Å². The third-order valence-corrected chi connectivity index (χ3v) is 3.36. The molecule has 0 radical (unpaired) electrons. The Bertz CT molecular complexity index is 760. The van der Waals surface area contributed by atoms with Gasteiger partial charge in [-0.05, 0) is 31.2 Å². The smallest absolute Gasteiger partial charge is 0.293 e. The molecule has 0 spiro atoms. The van der Waals surface area contributed by atoms with Crippen LogP contribution in [0.15, 0.2) is 48.5 Å². The molecule has 124 valence electrons. The van der Waals surface area contributed by atoms with E-state index in [-0.39, 0.29) is 22.9 Å². The number of nitrogens with zero attached hydrogens (tertiary/aromatic N) is 1. The topological polar surface area (TPSA) is 101 Å². The molecule has 2 aromatic carbocycles. The highest BCUT2D eigenvalue weighted by Crippen LogP contribution is 2.25. The average molecular weight is 327 g/mol. The summed E-state index contributed by atoms with van der Waals surface area (Å²) in [6.07, 6.45) is 0. The molecular formula is C17H17N3O4. The number of nitro groups is 1. The molecule has 2 rings (SSSR count). The van der Waals surface area contributed by atoms with Crippen LogP contribution in [0.4, 0.5) is 11.4 Å². The zero-order chi connectivity index (χ0) is 17.5. The molecule has 0 saturated heterocycles. The Balaban J connectivity index is 1.93. The normalized spacial score (nSPS) is 10.0. The van der Waals surface area contributed by atoms with E-state index in [1.165, 1.54) is 25.1 Å². The molecule has 0 aliphatic heterocycles. The Labute approximate surface area is 138 Å². The molecule has 24 heavy (non-hydrogen) atoms. The molecule has 2 N–H and O–H groups in total. The number of carbonyl (C=O) groups is 2. The molecule has 7 heteroatoms. The summed E-state index contributed by atoms with van der Waals surface area (Å²) in [6, 6.07) is 13.0. The summed E-state index contributed by atoms with van der Waals surface area (Å²) >= 11 is 0. The molecule has 0 saturated carbocycles. The summed E-state index contributed by atoms with van der Waals surface area (Å²) in [5.74, 6) is -0.446. The first-order valence-electron chi connectivity index (χ1n) is 7.35. The number of Topliss-reactive ketones (excluding diaryl/α,β-unsaturated/α-hetero) is 1. The Morgan fingerprint density at radius 1 is 1.04 bits per heavy atom. The van der Waals surface area contributed by atoms with E-state index in [9.17, 15) is 19.7 Å². The summed E-state index contributed by atoms with van der Waals surface area (Å²) in [5, 5.41) is 16.7. The second kappa shape index (κ2) is 7.87. The van der Waals surface area contributed by atoms with E-state index in [0.29, 0.717) is 24.3 Å². The molecule has 2 aromatic rings. The molecule has 1 amide bonds. The predicted molar refractivity (Wildman–Crippen MR) is 90.4 cm³/mol. The first-order chi connectivity index (χ1) is 11.5. The van der Waals surface area contributed by atoms with Gasteiger partial charge in [-0.2, -0.15) is 0 Å². The van der Waals surface area contributed by atoms with Gasteiger partial charge in [0.1, 0.15) is 5.69 Å². The van der Waals surface area contributed by atoms with Gasteiger partial charge in [-0.1, -0.05) is 18.2 Å². The van der Waals surface area contributed by atoms with Crippen molar-refractivity contribution in [2.45, 2.75) is 6.92 Å². The second-order valence-corrected chi connectivity index (χ2v) is 5.09. The number of hydrogen-bond donors (Lipinski definition) is 2. The van der Waals surface area contributed by atoms with Crippen molar-refractivity contribution in [1.29, 1.82) is 0 Å². The van der Waals surface area contributed by atoms with Crippen LogP contribution in [0.1, 0.15) is 27.6 Å². The van der Waals surface area contributed by atoms with Gasteiger partial charge in [0.25, 0.3) is 11.6 Å². The average Bonchev–Trinajstić information content (AvgIpc) is 2.59. The molecule has 0 aliphatic rings. The maximum atomic E-state index is 11.9. The van der Waals surface area contributed by atoms with E-state index in [1.807, 2.05) is 6.07 Å². The molecule has 7 nitrogen and oxygen atoms in total. The summed E-state index contributed by atoms with van der Waals surface area (Å²) in [5.41, 5.74) is 0.968. The van der Waals surface area contributed by atoms with Crippen LogP contribution in [-0.4, -0.2) is 29.7 Å². The van der Waals surface area contributed by atoms with Crippen molar-refractivity contribution in [3.63, 3.8) is 0 Å². The van der Waals surface area contributed by atoms with Gasteiger partial charge in [-0.15, -0.1) is 0 Å². The highest BCUT2D eigenvalue weighted by molar-refractivity contribution is 5.95. The van der Waals surface area contributed by atoms with Crippen molar-refractivity contribution in [1.82, 2.24) is 5.32 Å². The van der Waals surface area contributed by atoms with Crippen LogP contribution in [0, 0.1) is 10.1 Å². The number of benzene rings is 2. The van der Waals surface area contributed by atoms with Crippen LogP contribution in [0.5, 0.6) is 0 Å². The predicted octanol–water partition coefficient (Wildman–Crippen LogP) is 2.64. The minimum Gasteiger partial charge on any atom is -0.378 e. The van der Waals surface area contributed by atoms with Crippen LogP contribution >= 0.6 is 0 Å². The molecular weight excluding hydrogens is 310 g/mol. The molecule has 0 aliphatic carbocycles. The van der Waals surface area contributed by atoms with Crippen LogP contribution in [-0.2, 0) is 0 Å². The van der Waals surface area contributed by atoms with Gasteiger partial charge in [-0.25, -0.2) is 0 Å². The summed E-state index contributed by atoms with van der Waals surface area (Å²) < 4.78 is 0. The second-order valence-electron chi connectivity index (χ2n) is 5.09. The van der Waals surface area contributed by atoms with Gasteiger partial charge in [0.2, 0.25) is 0 Å². The fraction of sp³-hybridized carbons (Fsp3) is 0.176. The Morgan fingerprint density at radius 2 is 1.75 bits per heavy atom. The van der Waals surface area contributed by atoms with Gasteiger partial charge in [0, 0.05) is 30.3 Å². The zero-order valence-corrected chi connectivity index (χ0v) is 13.1. The summed E-state index contributed by atoms with van der Waals surface area (Å²) in [6.45, 7) is 1.98. The largest absolute Gasteiger partial charge is 0.378 e. The van der Waals surface area contributed by atoms with Crippen molar-refractivity contribution in [2.24, 2.45) is 0 Å². The molecule has 0 fully saturated rings. The number of nitro benzene ring substituents is 1. The Kier molecular flexibility index (Phi) is 5.62. The van der Waals surface area contributed by atoms with Crippen molar-refractivity contribution >= 4 is 23.1 Å². The standard InChI is InChI=1S/C17H17N3O4/c1-12(21)14-7-8-15(16(11-14)20(23)24)18-9-10-19-17(22)13-5-3-2-4-6-13/h2-8,11,18H,9-10H2,1H3,(H,19,22). The quantitative estimate of drug-likeness (QED) is 0.352. The number of rotatable bonds is 7. The van der Waals surface area contributed by atoms with E-state index in [4.69, 9.17) is 0 Å². The zero-order valence-electron chi connectivity index (χ0n) is 13.1. The summed E-state index contributed by atoms with van der Waals surface area (Å²) in [4.78, 5) is 33.7. The fourth-order valence-electron chi connectivity index (χ4n) is 2.12. The monoisotopic (exact) mass is 327 g/mol. The number of ketones is 1. The SMILES string of the molecule is CC(=O)c1ccc(NCCNC(=O)c2ccccc2)c([N+](=O)[O-])c1. The third kappa shape index (κ3) is 4.39. The fourth-order valence-corrected chi connectivity index (χ4v) is 2.12. The molecule has 0 unspecified atom stereocenters. The lowest BCUT2D eigenvalue weighted by atomic mass is 10.1. The van der Waals surface area contributed by atoms with Crippen molar-refractivity contribution < 1.29 is 14.5 Å². The van der Waals surface area contributed by atoms with Gasteiger partial charge in [0.05, 0.1) is 4.92 Å². The van der Waals surface area contributed by atoms with E-state index >= 15 is 0 Å². The van der Waals surface area contributed by atoms with Crippen LogP contribution in [0.3, 0.4) is 0 Å². The number of anilines is 1. The van der Waals surface area contributed by atoms with Gasteiger partial charge >= 0.3 is 0 Å². The van der Waals surface area contributed by atoms with E-state index < -0.39 is 4.92 Å². The van der Waals surface area contributed by atoms with Crippen molar-refractivity contribution in [3.8, 4) is 0 Å². The lowest BCUT2D eigenvalue weighted by Crippen LogP contribution is -2.28. The number of nitrogens with one attached hydrogen (secondary N) is 2. The lowest BCUT2D eigenvalue weighted by molar-refractivity contribution is -0.384. The molecule has 0 heterocycles. The number of hydrogen-bond acceptors (Lipinski definition) is 5. The van der Waals surface area contributed by atoms with E-state index in [0.717, 1.165) is 0 Å². The van der Waals surface area contributed by atoms with Crippen LogP contribution in [0.25, 0.3) is 0 Å². The highest BCUT2D eigenvalue weighted by Gasteiger charge is 2.15. The minimum atomic E-state index is -0.544. The number of amides is 1. The molecule has 0 atom stereocenters. The van der Waals surface area contributed by atoms with Crippen LogP contribution < -0.4 is 10.6 Å². The summed E-state index contributed by atoms with van der Waals surface area (Å²) in [7, 11) is 0. The molecule has 0 bridgehead atoms. The van der Waals surface area contributed by atoms with Gasteiger partial charge in [-0.3, -0.25) is 19.7 Å². The third-order valence-electron chi connectivity index (χ3n) is 3.36. The van der Waals surface area contributed by atoms with Crippen LogP contribution in [0.2, 0.25) is 0 Å². The maximum Gasteiger partial charge on any atom is 0.293 e. The first kappa shape index (κ1) is 17.1. The Morgan fingerprint density at radius 3 is 2.38 bits per heavy atom. The number of carbonyl (C=O) groups excluding carboxylic acids is 2. The highest BCUT2D eigenvalue weighted by atomic mass is 16.6. The maximum absolute atomic E-state index is 11.9. The Hall–Kier alpha value is -3.22. The minimum absolute atomic E-state index is 0.169. The van der Waals surface area contributed by atoms with Crippen molar-refractivity contribution in [3.05, 3.63) is 69.8 Å². The molecule has 0 aromatic heterocycles. The van der Waals surface area contributed by atoms with Gasteiger partial charge in [0.15, 0.2) is 5.78 Å². The van der Waals surface area contributed by atoms with E-state index in [1.54, 1.807) is 24.3 Å². The van der Waals surface area contributed by atoms with Gasteiger partial charge < -0.3 is 10.6 Å². The lowest BCUT2D eigenvalue weighted by Gasteiger charge is -2.09. The van der Waals surface area contributed by atoms with E-state index in [2.05, 4.69) is 10.6 Å².